The molecule has 0 saturated carbocycles. The van der Waals surface area contributed by atoms with Gasteiger partial charge in [-0.3, -0.25) is 9.59 Å². The van der Waals surface area contributed by atoms with Crippen molar-refractivity contribution in [2.45, 2.75) is 30.7 Å². The number of thioether (sulfide) groups is 1. The minimum absolute atomic E-state index is 0.111. The van der Waals surface area contributed by atoms with Gasteiger partial charge < -0.3 is 19.8 Å². The van der Waals surface area contributed by atoms with E-state index in [9.17, 15) is 9.59 Å². The summed E-state index contributed by atoms with van der Waals surface area (Å²) in [5.41, 5.74) is 0.244. The summed E-state index contributed by atoms with van der Waals surface area (Å²) in [5, 5.41) is 3.24. The molecule has 138 valence electrons. The van der Waals surface area contributed by atoms with Crippen LogP contribution in [0.3, 0.4) is 0 Å². The van der Waals surface area contributed by atoms with E-state index >= 15 is 0 Å². The molecule has 8 heteroatoms. The molecule has 2 aromatic rings. The van der Waals surface area contributed by atoms with Crippen LogP contribution in [0.1, 0.15) is 18.5 Å². The van der Waals surface area contributed by atoms with Crippen LogP contribution in [0.4, 0.5) is 0 Å². The van der Waals surface area contributed by atoms with Crippen LogP contribution in [0.15, 0.2) is 46.3 Å². The number of hydrogen-bond donors (Lipinski definition) is 2. The molecule has 26 heavy (non-hydrogen) atoms. The number of aromatic amines is 1. The second kappa shape index (κ2) is 9.40. The Morgan fingerprint density at radius 1 is 1.38 bits per heavy atom. The van der Waals surface area contributed by atoms with Crippen molar-refractivity contribution in [1.82, 2.24) is 15.3 Å². The molecule has 1 atom stereocenters. The topological polar surface area (TPSA) is 93.3 Å². The molecule has 1 unspecified atom stereocenters. The number of aromatic nitrogens is 2. The van der Waals surface area contributed by atoms with Gasteiger partial charge in [0, 0.05) is 19.2 Å². The molecule has 1 saturated heterocycles. The molecule has 3 rings (SSSR count). The summed E-state index contributed by atoms with van der Waals surface area (Å²) in [4.78, 5) is 30.7. The lowest BCUT2D eigenvalue weighted by atomic mass is 10.2. The molecule has 2 N–H and O–H groups in total. The number of nitrogens with one attached hydrogen (secondary N) is 2. The molecule has 0 radical (unpaired) electrons. The zero-order valence-corrected chi connectivity index (χ0v) is 15.1. The van der Waals surface area contributed by atoms with E-state index in [1.165, 1.54) is 17.8 Å². The number of benzene rings is 1. The van der Waals surface area contributed by atoms with E-state index in [2.05, 4.69) is 15.3 Å². The number of nitrogens with zero attached hydrogens (tertiary/aromatic N) is 1. The Hall–Kier alpha value is -2.32. The second-order valence-electron chi connectivity index (χ2n) is 5.87. The number of rotatable bonds is 8. The van der Waals surface area contributed by atoms with Crippen LogP contribution in [0.2, 0.25) is 0 Å². The molecule has 1 aliphatic heterocycles. The number of hydrogen-bond acceptors (Lipinski definition) is 6. The van der Waals surface area contributed by atoms with Crippen LogP contribution >= 0.6 is 11.8 Å². The summed E-state index contributed by atoms with van der Waals surface area (Å²) < 4.78 is 11.1. The largest absolute Gasteiger partial charge is 0.487 e. The lowest BCUT2D eigenvalue weighted by Gasteiger charge is -2.10. The van der Waals surface area contributed by atoms with Crippen molar-refractivity contribution in [3.05, 3.63) is 52.4 Å². The fourth-order valence-corrected chi connectivity index (χ4v) is 3.24. The Morgan fingerprint density at radius 3 is 3.00 bits per heavy atom. The monoisotopic (exact) mass is 375 g/mol. The molecule has 0 spiro atoms. The van der Waals surface area contributed by atoms with Gasteiger partial charge >= 0.3 is 0 Å². The Balaban J connectivity index is 1.48. The molecule has 1 fully saturated rings. The van der Waals surface area contributed by atoms with Gasteiger partial charge in [0.1, 0.15) is 12.4 Å². The van der Waals surface area contributed by atoms with Gasteiger partial charge in [0.2, 0.25) is 5.91 Å². The smallest absolute Gasteiger partial charge is 0.251 e. The van der Waals surface area contributed by atoms with Crippen LogP contribution < -0.4 is 15.6 Å². The van der Waals surface area contributed by atoms with Crippen LogP contribution in [0.5, 0.6) is 5.75 Å². The Bertz CT molecular complexity index is 776. The van der Waals surface area contributed by atoms with Gasteiger partial charge in [-0.05, 0) is 25.0 Å². The Morgan fingerprint density at radius 2 is 2.23 bits per heavy atom. The van der Waals surface area contributed by atoms with Crippen LogP contribution in [-0.4, -0.2) is 40.9 Å². The third-order valence-electron chi connectivity index (χ3n) is 3.79. The molecule has 7 nitrogen and oxygen atoms in total. The molecule has 1 aromatic heterocycles. The SMILES string of the molecule is O=C(CSc1nc(COc2ccccc2)cc(=O)[nH]1)NCC1CCCO1. The standard InChI is InChI=1S/C18H21N3O4S/c22-16-9-13(11-25-14-5-2-1-3-6-14)20-18(21-16)26-12-17(23)19-10-15-7-4-8-24-15/h1-3,5-6,9,15H,4,7-8,10-12H2,(H,19,23)(H,20,21,22). The van der Waals surface area contributed by atoms with Crippen molar-refractivity contribution in [1.29, 1.82) is 0 Å². The minimum atomic E-state index is -0.270. The van der Waals surface area contributed by atoms with Gasteiger partial charge in [-0.1, -0.05) is 30.0 Å². The number of carbonyl (C=O) groups excluding carboxylic acids is 1. The molecule has 0 bridgehead atoms. The van der Waals surface area contributed by atoms with Crippen LogP contribution in [-0.2, 0) is 16.1 Å². The quantitative estimate of drug-likeness (QED) is 0.539. The van der Waals surface area contributed by atoms with Crippen LogP contribution in [0.25, 0.3) is 0 Å². The maximum atomic E-state index is 11.9. The third kappa shape index (κ3) is 5.89. The number of carbonyl (C=O) groups is 1. The summed E-state index contributed by atoms with van der Waals surface area (Å²) in [6, 6.07) is 10.7. The van der Waals surface area contributed by atoms with Crippen LogP contribution in [0, 0.1) is 0 Å². The average molecular weight is 375 g/mol. The molecule has 0 aliphatic carbocycles. The Kier molecular flexibility index (Phi) is 6.68. The lowest BCUT2D eigenvalue weighted by molar-refractivity contribution is -0.119. The molecule has 1 aliphatic rings. The van der Waals surface area contributed by atoms with Crippen molar-refractivity contribution in [2.24, 2.45) is 0 Å². The molecular weight excluding hydrogens is 354 g/mol. The number of amides is 1. The van der Waals surface area contributed by atoms with Gasteiger partial charge in [-0.15, -0.1) is 0 Å². The zero-order chi connectivity index (χ0) is 18.2. The zero-order valence-electron chi connectivity index (χ0n) is 14.3. The molecule has 1 aromatic carbocycles. The summed E-state index contributed by atoms with van der Waals surface area (Å²) in [5.74, 6) is 0.773. The summed E-state index contributed by atoms with van der Waals surface area (Å²) in [6.45, 7) is 1.47. The number of H-pyrrole nitrogens is 1. The van der Waals surface area contributed by atoms with Gasteiger partial charge in [0.05, 0.1) is 17.6 Å². The number of ether oxygens (including phenoxy) is 2. The summed E-state index contributed by atoms with van der Waals surface area (Å²) in [7, 11) is 0. The predicted molar refractivity (Wildman–Crippen MR) is 98.3 cm³/mol. The lowest BCUT2D eigenvalue weighted by Crippen LogP contribution is -2.33. The first-order chi connectivity index (χ1) is 12.7. The van der Waals surface area contributed by atoms with E-state index in [-0.39, 0.29) is 29.9 Å². The fourth-order valence-electron chi connectivity index (χ4n) is 2.52. The normalized spacial score (nSPS) is 16.4. The van der Waals surface area contributed by atoms with Gasteiger partial charge in [0.25, 0.3) is 5.56 Å². The minimum Gasteiger partial charge on any atom is -0.487 e. The van der Waals surface area contributed by atoms with Crippen molar-refractivity contribution >= 4 is 17.7 Å². The highest BCUT2D eigenvalue weighted by Crippen LogP contribution is 2.14. The maximum Gasteiger partial charge on any atom is 0.251 e. The first-order valence-electron chi connectivity index (χ1n) is 8.48. The summed E-state index contributed by atoms with van der Waals surface area (Å²) >= 11 is 1.19. The highest BCUT2D eigenvalue weighted by Gasteiger charge is 2.16. The average Bonchev–Trinajstić information content (AvgIpc) is 3.17. The number of para-hydroxylation sites is 1. The second-order valence-corrected chi connectivity index (χ2v) is 6.84. The maximum absolute atomic E-state index is 11.9. The van der Waals surface area contributed by atoms with Gasteiger partial charge in [-0.2, -0.15) is 0 Å². The van der Waals surface area contributed by atoms with Crippen molar-refractivity contribution in [3.8, 4) is 5.75 Å². The van der Waals surface area contributed by atoms with Crippen molar-refractivity contribution in [3.63, 3.8) is 0 Å². The molecular formula is C18H21N3O4S. The first-order valence-corrected chi connectivity index (χ1v) is 9.47. The molecule has 2 heterocycles. The van der Waals surface area contributed by atoms with Crippen molar-refractivity contribution < 1.29 is 14.3 Å². The van der Waals surface area contributed by atoms with E-state index in [0.29, 0.717) is 23.1 Å². The predicted octanol–water partition coefficient (Wildman–Crippen LogP) is 1.74. The Labute approximate surface area is 155 Å². The summed E-state index contributed by atoms with van der Waals surface area (Å²) in [6.07, 6.45) is 2.13. The van der Waals surface area contributed by atoms with E-state index in [1.54, 1.807) is 0 Å². The highest BCUT2D eigenvalue weighted by molar-refractivity contribution is 7.99. The van der Waals surface area contributed by atoms with Gasteiger partial charge in [0.15, 0.2) is 5.16 Å². The van der Waals surface area contributed by atoms with E-state index in [1.807, 2.05) is 30.3 Å². The van der Waals surface area contributed by atoms with Crippen molar-refractivity contribution in [2.75, 3.05) is 18.9 Å². The van der Waals surface area contributed by atoms with Gasteiger partial charge in [-0.25, -0.2) is 4.98 Å². The molecule has 1 amide bonds. The van der Waals surface area contributed by atoms with E-state index < -0.39 is 0 Å². The van der Waals surface area contributed by atoms with E-state index in [4.69, 9.17) is 9.47 Å². The fraction of sp³-hybridized carbons (Fsp3) is 0.389. The third-order valence-corrected chi connectivity index (χ3v) is 4.67. The highest BCUT2D eigenvalue weighted by atomic mass is 32.2. The van der Waals surface area contributed by atoms with E-state index in [0.717, 1.165) is 19.4 Å². The first kappa shape index (κ1) is 18.5.